The molecule has 1 rings (SSSR count). The van der Waals surface area contributed by atoms with Crippen LogP contribution >= 0.6 is 0 Å². The number of Topliss-reactive ketones (excluding diaryl/α,β-unsaturated/α-hetero) is 1. The van der Waals surface area contributed by atoms with E-state index in [0.717, 1.165) is 13.1 Å². The van der Waals surface area contributed by atoms with Crippen molar-refractivity contribution in [2.45, 2.75) is 32.7 Å². The Labute approximate surface area is 67.7 Å². The molecule has 1 aliphatic rings. The number of rotatable bonds is 1. The van der Waals surface area contributed by atoms with Gasteiger partial charge in [0, 0.05) is 32.0 Å². The Kier molecular flexibility index (Phi) is 3.02. The van der Waals surface area contributed by atoms with Gasteiger partial charge < -0.3 is 0 Å². The van der Waals surface area contributed by atoms with Crippen molar-refractivity contribution < 1.29 is 4.79 Å². The predicted octanol–water partition coefficient (Wildman–Crippen LogP) is 0.564. The lowest BCUT2D eigenvalue weighted by Crippen LogP contribution is -2.42. The fourth-order valence-electron chi connectivity index (χ4n) is 1.23. The molecule has 1 N–H and O–H groups in total. The van der Waals surface area contributed by atoms with Crippen LogP contribution in [0.15, 0.2) is 0 Å². The largest absolute Gasteiger partial charge is 0.300 e. The number of nitrogens with zero attached hydrogens (tertiary/aromatic N) is 1. The lowest BCUT2D eigenvalue weighted by molar-refractivity contribution is -0.118. The number of hydrogen-bond donors (Lipinski definition) is 1. The first-order valence-corrected chi connectivity index (χ1v) is 4.22. The van der Waals surface area contributed by atoms with Crippen LogP contribution in [0.1, 0.15) is 26.7 Å². The maximum atomic E-state index is 11.0. The second-order valence-corrected chi connectivity index (χ2v) is 3.23. The molecule has 0 amide bonds. The first-order chi connectivity index (χ1) is 5.20. The molecule has 0 saturated carbocycles. The van der Waals surface area contributed by atoms with E-state index in [4.69, 9.17) is 0 Å². The van der Waals surface area contributed by atoms with Crippen LogP contribution in [-0.4, -0.2) is 29.9 Å². The van der Waals surface area contributed by atoms with Crippen LogP contribution in [0.5, 0.6) is 0 Å². The van der Waals surface area contributed by atoms with Gasteiger partial charge in [0.25, 0.3) is 0 Å². The molecule has 1 saturated heterocycles. The quantitative estimate of drug-likeness (QED) is 0.602. The summed E-state index contributed by atoms with van der Waals surface area (Å²) < 4.78 is 0. The smallest absolute Gasteiger partial charge is 0.135 e. The van der Waals surface area contributed by atoms with Crippen LogP contribution < -0.4 is 5.43 Å². The van der Waals surface area contributed by atoms with Gasteiger partial charge in [-0.1, -0.05) is 0 Å². The molecule has 0 aromatic rings. The van der Waals surface area contributed by atoms with Gasteiger partial charge in [0.15, 0.2) is 0 Å². The monoisotopic (exact) mass is 156 g/mol. The number of hydrogen-bond acceptors (Lipinski definition) is 3. The fourth-order valence-corrected chi connectivity index (χ4v) is 1.23. The topological polar surface area (TPSA) is 32.3 Å². The molecule has 3 nitrogen and oxygen atoms in total. The maximum Gasteiger partial charge on any atom is 0.135 e. The van der Waals surface area contributed by atoms with Crippen LogP contribution in [0.4, 0.5) is 0 Å². The fraction of sp³-hybridized carbons (Fsp3) is 0.875. The van der Waals surface area contributed by atoms with E-state index in [1.165, 1.54) is 0 Å². The summed E-state index contributed by atoms with van der Waals surface area (Å²) in [5, 5.41) is 2.13. The van der Waals surface area contributed by atoms with E-state index in [9.17, 15) is 4.79 Å². The third kappa shape index (κ3) is 2.60. The van der Waals surface area contributed by atoms with Gasteiger partial charge in [0.2, 0.25) is 0 Å². The van der Waals surface area contributed by atoms with Crippen molar-refractivity contribution in [3.8, 4) is 0 Å². The summed E-state index contributed by atoms with van der Waals surface area (Å²) in [7, 11) is 0. The zero-order valence-electron chi connectivity index (χ0n) is 7.26. The van der Waals surface area contributed by atoms with Crippen LogP contribution in [0.25, 0.3) is 0 Å². The van der Waals surface area contributed by atoms with Gasteiger partial charge in [-0.25, -0.2) is 5.01 Å². The highest BCUT2D eigenvalue weighted by Gasteiger charge is 2.14. The molecule has 3 heteroatoms. The van der Waals surface area contributed by atoms with E-state index in [1.54, 1.807) is 0 Å². The summed E-state index contributed by atoms with van der Waals surface area (Å²) in [5.74, 6) is 0.376. The molecule has 0 bridgehead atoms. The Morgan fingerprint density at radius 3 is 2.82 bits per heavy atom. The zero-order chi connectivity index (χ0) is 8.27. The summed E-state index contributed by atoms with van der Waals surface area (Å²) in [5.41, 5.74) is 3.22. The predicted molar refractivity (Wildman–Crippen MR) is 44.1 cm³/mol. The summed E-state index contributed by atoms with van der Waals surface area (Å²) in [6.45, 7) is 5.92. The average Bonchev–Trinajstić information content (AvgIpc) is 2.13. The van der Waals surface area contributed by atoms with Crippen molar-refractivity contribution in [1.29, 1.82) is 0 Å². The van der Waals surface area contributed by atoms with Crippen molar-refractivity contribution >= 4 is 5.78 Å². The van der Waals surface area contributed by atoms with Crippen molar-refractivity contribution in [3.05, 3.63) is 0 Å². The highest BCUT2D eigenvalue weighted by atomic mass is 16.1. The Morgan fingerprint density at radius 2 is 2.18 bits per heavy atom. The van der Waals surface area contributed by atoms with Crippen molar-refractivity contribution in [2.24, 2.45) is 0 Å². The second kappa shape index (κ2) is 3.83. The molecule has 64 valence electrons. The number of carbonyl (C=O) groups is 1. The van der Waals surface area contributed by atoms with Crippen molar-refractivity contribution in [2.75, 3.05) is 13.1 Å². The molecule has 0 aromatic carbocycles. The Morgan fingerprint density at radius 1 is 1.45 bits per heavy atom. The van der Waals surface area contributed by atoms with Gasteiger partial charge in [0.1, 0.15) is 5.78 Å². The van der Waals surface area contributed by atoms with Crippen LogP contribution in [-0.2, 0) is 4.79 Å². The highest BCUT2D eigenvalue weighted by Crippen LogP contribution is 2.01. The summed E-state index contributed by atoms with van der Waals surface area (Å²) in [6.07, 6.45) is 1.38. The molecule has 1 heterocycles. The third-order valence-electron chi connectivity index (χ3n) is 1.97. The highest BCUT2D eigenvalue weighted by molar-refractivity contribution is 5.78. The summed E-state index contributed by atoms with van der Waals surface area (Å²) in [6, 6.07) is 0.487. The minimum absolute atomic E-state index is 0.376. The molecule has 0 radical (unpaired) electrons. The first-order valence-electron chi connectivity index (χ1n) is 4.22. The Bertz CT molecular complexity index is 145. The molecule has 11 heavy (non-hydrogen) atoms. The second-order valence-electron chi connectivity index (χ2n) is 3.23. The van der Waals surface area contributed by atoms with E-state index >= 15 is 0 Å². The van der Waals surface area contributed by atoms with E-state index in [1.807, 2.05) is 0 Å². The number of ketones is 1. The van der Waals surface area contributed by atoms with E-state index in [0.29, 0.717) is 24.7 Å². The van der Waals surface area contributed by atoms with Crippen molar-refractivity contribution in [1.82, 2.24) is 10.4 Å². The molecule has 1 fully saturated rings. The molecular weight excluding hydrogens is 140 g/mol. The third-order valence-corrected chi connectivity index (χ3v) is 1.97. The van der Waals surface area contributed by atoms with Gasteiger partial charge in [-0.05, 0) is 13.8 Å². The van der Waals surface area contributed by atoms with Crippen LogP contribution in [0.2, 0.25) is 0 Å². The lowest BCUT2D eigenvalue weighted by atomic mass is 10.2. The number of carbonyl (C=O) groups excluding carboxylic acids is 1. The molecule has 1 aliphatic heterocycles. The molecule has 0 aromatic heterocycles. The molecule has 0 aliphatic carbocycles. The average molecular weight is 156 g/mol. The molecular formula is C8H16N2O. The van der Waals surface area contributed by atoms with Crippen molar-refractivity contribution in [3.63, 3.8) is 0 Å². The number of hydrazine groups is 1. The summed E-state index contributed by atoms with van der Waals surface area (Å²) >= 11 is 0. The normalized spacial score (nSPS) is 22.3. The minimum atomic E-state index is 0.376. The minimum Gasteiger partial charge on any atom is -0.300 e. The standard InChI is InChI=1S/C8H16N2O/c1-7(2)10-6-4-8(11)3-5-9-10/h7,9H,3-6H2,1-2H3. The van der Waals surface area contributed by atoms with Gasteiger partial charge in [0.05, 0.1) is 0 Å². The SMILES string of the molecule is CC(C)N1CCC(=O)CCN1. The van der Waals surface area contributed by atoms with Gasteiger partial charge in [-0.15, -0.1) is 0 Å². The van der Waals surface area contributed by atoms with E-state index in [-0.39, 0.29) is 0 Å². The zero-order valence-corrected chi connectivity index (χ0v) is 7.26. The summed E-state index contributed by atoms with van der Waals surface area (Å²) in [4.78, 5) is 11.0. The first kappa shape index (κ1) is 8.68. The molecule has 0 spiro atoms. The Hall–Kier alpha value is -0.410. The number of nitrogens with one attached hydrogen (secondary N) is 1. The van der Waals surface area contributed by atoms with Gasteiger partial charge >= 0.3 is 0 Å². The molecule has 0 atom stereocenters. The Balaban J connectivity index is 2.40. The van der Waals surface area contributed by atoms with Crippen LogP contribution in [0.3, 0.4) is 0 Å². The van der Waals surface area contributed by atoms with E-state index in [2.05, 4.69) is 24.3 Å². The van der Waals surface area contributed by atoms with Gasteiger partial charge in [-0.3, -0.25) is 10.2 Å². The molecule has 0 unspecified atom stereocenters. The van der Waals surface area contributed by atoms with E-state index < -0.39 is 0 Å². The lowest BCUT2D eigenvalue weighted by Gasteiger charge is -2.24. The maximum absolute atomic E-state index is 11.0. The van der Waals surface area contributed by atoms with Gasteiger partial charge in [-0.2, -0.15) is 0 Å². The van der Waals surface area contributed by atoms with Crippen LogP contribution in [0, 0.1) is 0 Å².